The van der Waals surface area contributed by atoms with E-state index in [1.54, 1.807) is 6.08 Å². The third kappa shape index (κ3) is 4.01. The molecule has 1 aromatic rings. The highest BCUT2D eigenvalue weighted by atomic mass is 32.2. The molecule has 3 N–H and O–H groups in total. The van der Waals surface area contributed by atoms with Crippen LogP contribution < -0.4 is 5.73 Å². The Bertz CT molecular complexity index is 745. The van der Waals surface area contributed by atoms with E-state index in [4.69, 9.17) is 18.0 Å². The van der Waals surface area contributed by atoms with E-state index in [0.717, 1.165) is 27.8 Å². The predicted molar refractivity (Wildman–Crippen MR) is 96.0 cm³/mol. The van der Waals surface area contributed by atoms with Gasteiger partial charge in [-0.05, 0) is 30.5 Å². The molecule has 0 aromatic heterocycles. The second kappa shape index (κ2) is 7.59. The van der Waals surface area contributed by atoms with E-state index < -0.39 is 23.8 Å². The maximum atomic E-state index is 12.6. The average Bonchev–Trinajstić information content (AvgIpc) is 2.77. The van der Waals surface area contributed by atoms with Crippen molar-refractivity contribution in [1.29, 1.82) is 0 Å². The lowest BCUT2D eigenvalue weighted by atomic mass is 10.1. The molecular weight excluding hydrogens is 348 g/mol. The molecule has 1 aliphatic rings. The Morgan fingerprint density at radius 2 is 2.08 bits per heavy atom. The highest BCUT2D eigenvalue weighted by Crippen LogP contribution is 2.35. The number of hydrogen-bond donors (Lipinski definition) is 2. The van der Waals surface area contributed by atoms with Crippen molar-refractivity contribution >= 4 is 52.2 Å². The van der Waals surface area contributed by atoms with E-state index >= 15 is 0 Å². The lowest BCUT2D eigenvalue weighted by molar-refractivity contribution is -0.145. The van der Waals surface area contributed by atoms with Crippen LogP contribution in [0.3, 0.4) is 0 Å². The molecule has 1 heterocycles. The minimum absolute atomic E-state index is 0.0747. The first kappa shape index (κ1) is 18.2. The number of aryl methyl sites for hydroxylation is 1. The van der Waals surface area contributed by atoms with Gasteiger partial charge >= 0.3 is 5.97 Å². The maximum Gasteiger partial charge on any atom is 0.326 e. The van der Waals surface area contributed by atoms with Crippen molar-refractivity contribution in [3.63, 3.8) is 0 Å². The van der Waals surface area contributed by atoms with Crippen molar-refractivity contribution in [2.24, 2.45) is 5.73 Å². The van der Waals surface area contributed by atoms with Gasteiger partial charge in [-0.25, -0.2) is 4.79 Å². The Balaban J connectivity index is 2.28. The molecule has 0 saturated carbocycles. The molecule has 1 aliphatic heterocycles. The van der Waals surface area contributed by atoms with Crippen molar-refractivity contribution in [2.75, 3.05) is 0 Å². The minimum Gasteiger partial charge on any atom is -0.480 e. The number of carboxylic acid groups (broad SMARTS) is 1. The lowest BCUT2D eigenvalue weighted by Crippen LogP contribution is -2.44. The second-order valence-electron chi connectivity index (χ2n) is 5.27. The number of thioether (sulfide) groups is 1. The van der Waals surface area contributed by atoms with E-state index in [-0.39, 0.29) is 17.2 Å². The molecule has 1 saturated heterocycles. The van der Waals surface area contributed by atoms with Gasteiger partial charge in [0.1, 0.15) is 10.4 Å². The minimum atomic E-state index is -1.22. The fraction of sp³-hybridized carbons (Fsp3) is 0.250. The largest absolute Gasteiger partial charge is 0.480 e. The Hall–Kier alpha value is -2.19. The van der Waals surface area contributed by atoms with Crippen LogP contribution in [0.1, 0.15) is 24.0 Å². The van der Waals surface area contributed by atoms with Gasteiger partial charge in [-0.15, -0.1) is 0 Å². The number of primary amides is 1. The van der Waals surface area contributed by atoms with Crippen LogP contribution in [0.5, 0.6) is 0 Å². The molecule has 6 nitrogen and oxygen atoms in total. The number of carbonyl (C=O) groups excluding carboxylic acids is 2. The molecule has 0 radical (unpaired) electrons. The quantitative estimate of drug-likeness (QED) is 0.591. The van der Waals surface area contributed by atoms with Crippen LogP contribution in [0.15, 0.2) is 29.2 Å². The Labute approximate surface area is 148 Å². The van der Waals surface area contributed by atoms with Gasteiger partial charge in [0, 0.05) is 6.42 Å². The van der Waals surface area contributed by atoms with Crippen LogP contribution in [0.4, 0.5) is 0 Å². The zero-order valence-corrected chi connectivity index (χ0v) is 14.5. The van der Waals surface area contributed by atoms with Gasteiger partial charge in [0.05, 0.1) is 4.91 Å². The molecule has 0 aliphatic carbocycles. The lowest BCUT2D eigenvalue weighted by Gasteiger charge is -2.22. The summed E-state index contributed by atoms with van der Waals surface area (Å²) in [5, 5.41) is 9.37. The summed E-state index contributed by atoms with van der Waals surface area (Å²) in [5.74, 6) is -2.31. The predicted octanol–water partition coefficient (Wildman–Crippen LogP) is 1.91. The third-order valence-electron chi connectivity index (χ3n) is 3.56. The SMILES string of the molecule is Cc1ccccc1/C=C1\SC(=S)N(C(CCC(N)=O)C(=O)O)C1=O. The molecule has 0 spiro atoms. The van der Waals surface area contributed by atoms with E-state index in [2.05, 4.69) is 0 Å². The van der Waals surface area contributed by atoms with Gasteiger partial charge in [0.25, 0.3) is 5.91 Å². The van der Waals surface area contributed by atoms with Crippen molar-refractivity contribution in [3.05, 3.63) is 40.3 Å². The molecule has 126 valence electrons. The number of thiocarbonyl (C=S) groups is 1. The summed E-state index contributed by atoms with van der Waals surface area (Å²) in [6, 6.07) is 6.32. The molecule has 1 unspecified atom stereocenters. The molecular formula is C16H16N2O4S2. The van der Waals surface area contributed by atoms with Crippen LogP contribution in [0.25, 0.3) is 6.08 Å². The molecule has 2 rings (SSSR count). The van der Waals surface area contributed by atoms with E-state index in [1.807, 2.05) is 31.2 Å². The number of hydrogen-bond acceptors (Lipinski definition) is 5. The number of rotatable bonds is 6. The smallest absolute Gasteiger partial charge is 0.326 e. The fourth-order valence-corrected chi connectivity index (χ4v) is 3.63. The standard InChI is InChI=1S/C16H16N2O4S2/c1-9-4-2-3-5-10(9)8-12-14(20)18(16(23)24-12)11(15(21)22)6-7-13(17)19/h2-5,8,11H,6-7H2,1H3,(H2,17,19)(H,21,22)/b12-8-. The van der Waals surface area contributed by atoms with Crippen molar-refractivity contribution in [3.8, 4) is 0 Å². The van der Waals surface area contributed by atoms with Gasteiger partial charge in [0.15, 0.2) is 0 Å². The molecule has 24 heavy (non-hydrogen) atoms. The number of nitrogens with zero attached hydrogens (tertiary/aromatic N) is 1. The molecule has 2 amide bonds. The Kier molecular flexibility index (Phi) is 5.74. The molecule has 1 aromatic carbocycles. The topological polar surface area (TPSA) is 101 Å². The van der Waals surface area contributed by atoms with Crippen molar-refractivity contribution in [1.82, 2.24) is 4.90 Å². The first-order valence-electron chi connectivity index (χ1n) is 7.15. The van der Waals surface area contributed by atoms with E-state index in [9.17, 15) is 19.5 Å². The first-order chi connectivity index (χ1) is 11.3. The maximum absolute atomic E-state index is 12.6. The summed E-state index contributed by atoms with van der Waals surface area (Å²) in [4.78, 5) is 36.4. The summed E-state index contributed by atoms with van der Waals surface area (Å²) in [6.45, 7) is 1.92. The number of carboxylic acids is 1. The number of carbonyl (C=O) groups is 3. The highest BCUT2D eigenvalue weighted by molar-refractivity contribution is 8.26. The molecule has 0 bridgehead atoms. The van der Waals surface area contributed by atoms with Gasteiger partial charge < -0.3 is 10.8 Å². The van der Waals surface area contributed by atoms with Gasteiger partial charge in [-0.3, -0.25) is 14.5 Å². The highest BCUT2D eigenvalue weighted by Gasteiger charge is 2.40. The third-order valence-corrected chi connectivity index (χ3v) is 4.89. The van der Waals surface area contributed by atoms with Crippen LogP contribution in [0.2, 0.25) is 0 Å². The molecule has 1 atom stereocenters. The number of aliphatic carboxylic acids is 1. The molecule has 1 fully saturated rings. The summed E-state index contributed by atoms with van der Waals surface area (Å²) in [6.07, 6.45) is 1.49. The second-order valence-corrected chi connectivity index (χ2v) is 6.94. The van der Waals surface area contributed by atoms with E-state index in [0.29, 0.717) is 4.91 Å². The number of amides is 2. The monoisotopic (exact) mass is 364 g/mol. The van der Waals surface area contributed by atoms with Crippen molar-refractivity contribution in [2.45, 2.75) is 25.8 Å². The summed E-state index contributed by atoms with van der Waals surface area (Å²) < 4.78 is 0.164. The average molecular weight is 364 g/mol. The first-order valence-corrected chi connectivity index (χ1v) is 8.37. The Morgan fingerprint density at radius 3 is 2.67 bits per heavy atom. The zero-order chi connectivity index (χ0) is 17.9. The summed E-state index contributed by atoms with van der Waals surface area (Å²) >= 11 is 6.22. The van der Waals surface area contributed by atoms with Crippen LogP contribution >= 0.6 is 24.0 Å². The fourth-order valence-electron chi connectivity index (χ4n) is 2.28. The number of nitrogens with two attached hydrogens (primary N) is 1. The summed E-state index contributed by atoms with van der Waals surface area (Å²) in [5.41, 5.74) is 6.93. The van der Waals surface area contributed by atoms with Gasteiger partial charge in [0.2, 0.25) is 5.91 Å². The zero-order valence-electron chi connectivity index (χ0n) is 12.9. The summed E-state index contributed by atoms with van der Waals surface area (Å²) in [7, 11) is 0. The molecule has 8 heteroatoms. The van der Waals surface area contributed by atoms with Gasteiger partial charge in [-0.1, -0.05) is 48.2 Å². The van der Waals surface area contributed by atoms with Crippen LogP contribution in [-0.4, -0.2) is 38.2 Å². The number of benzene rings is 1. The van der Waals surface area contributed by atoms with Crippen molar-refractivity contribution < 1.29 is 19.5 Å². The Morgan fingerprint density at radius 1 is 1.42 bits per heavy atom. The van der Waals surface area contributed by atoms with Crippen LogP contribution in [-0.2, 0) is 14.4 Å². The van der Waals surface area contributed by atoms with Crippen LogP contribution in [0, 0.1) is 6.92 Å². The van der Waals surface area contributed by atoms with E-state index in [1.165, 1.54) is 0 Å². The van der Waals surface area contributed by atoms with Gasteiger partial charge in [-0.2, -0.15) is 0 Å². The normalized spacial score (nSPS) is 17.4.